The Morgan fingerprint density at radius 3 is 1.23 bits per heavy atom. The summed E-state index contributed by atoms with van der Waals surface area (Å²) in [6.07, 6.45) is 0. The van der Waals surface area contributed by atoms with Gasteiger partial charge in [-0.25, -0.2) is 0 Å². The lowest BCUT2D eigenvalue weighted by atomic mass is 10.2. The van der Waals surface area contributed by atoms with Gasteiger partial charge < -0.3 is 4.12 Å². The molecule has 0 amide bonds. The summed E-state index contributed by atoms with van der Waals surface area (Å²) in [6.45, 7) is 31.4. The van der Waals surface area contributed by atoms with Crippen LogP contribution in [0, 0.1) is 0 Å². The van der Waals surface area contributed by atoms with Gasteiger partial charge >= 0.3 is 8.57 Å². The molecule has 1 rings (SSSR count). The van der Waals surface area contributed by atoms with Crippen LogP contribution in [0.25, 0.3) is 0 Å². The molecule has 0 aromatic rings. The zero-order valence-electron chi connectivity index (χ0n) is 20.0. The standard InChI is InChI=1S/C20H46FNOSi3/c1-15(2)24(21,16(3)4)22-25(17(5)6,18(7)8)23-26(22,19(9,10)11)20(12,13)14/h15-18H,1-14H3. The summed E-state index contributed by atoms with van der Waals surface area (Å²) in [4.78, 5) is 0. The molecule has 26 heavy (non-hydrogen) atoms. The van der Waals surface area contributed by atoms with Gasteiger partial charge in [0, 0.05) is 0 Å². The van der Waals surface area contributed by atoms with Gasteiger partial charge in [0.1, 0.15) is 0 Å². The van der Waals surface area contributed by atoms with Crippen molar-refractivity contribution in [1.82, 2.24) is 3.90 Å². The molecule has 0 atom stereocenters. The van der Waals surface area contributed by atoms with Gasteiger partial charge in [-0.2, -0.15) is 0 Å². The number of rotatable bonds is 5. The maximum absolute atomic E-state index is 17.3. The second-order valence-electron chi connectivity index (χ2n) is 11.7. The molecule has 0 unspecified atom stereocenters. The zero-order valence-corrected chi connectivity index (χ0v) is 23.0. The van der Waals surface area contributed by atoms with Gasteiger partial charge in [-0.3, -0.25) is 8.00 Å². The summed E-state index contributed by atoms with van der Waals surface area (Å²) in [5, 5.41) is -0.0562. The van der Waals surface area contributed by atoms with E-state index in [0.29, 0.717) is 11.1 Å². The molecule has 0 bridgehead atoms. The van der Waals surface area contributed by atoms with E-state index in [2.05, 4.69) is 101 Å². The minimum absolute atomic E-state index is 0.0281. The predicted molar refractivity (Wildman–Crippen MR) is 121 cm³/mol. The van der Waals surface area contributed by atoms with Crippen LogP contribution in [0.5, 0.6) is 0 Å². The molecule has 1 aliphatic heterocycles. The average Bonchev–Trinajstić information content (AvgIpc) is 2.32. The molecular formula is C20H46FNOSi3. The average molecular weight is 420 g/mol. The summed E-state index contributed by atoms with van der Waals surface area (Å²) in [5.74, 6) is 0. The zero-order chi connectivity index (χ0) is 21.1. The van der Waals surface area contributed by atoms with Gasteiger partial charge in [-0.15, -0.1) is 0 Å². The second-order valence-corrected chi connectivity index (χ2v) is 27.0. The Kier molecular flexibility index (Phi) is 6.68. The van der Waals surface area contributed by atoms with Crippen molar-refractivity contribution in [2.45, 2.75) is 129 Å². The smallest absolute Gasteiger partial charge is 0.317 e. The summed E-state index contributed by atoms with van der Waals surface area (Å²) in [6, 6.07) is 0. The number of halogens is 1. The van der Waals surface area contributed by atoms with Crippen molar-refractivity contribution in [3.63, 3.8) is 0 Å². The Morgan fingerprint density at radius 1 is 0.731 bits per heavy atom. The molecule has 1 saturated heterocycles. The van der Waals surface area contributed by atoms with Crippen LogP contribution in [-0.2, 0) is 4.12 Å². The number of hydrogen-bond donors (Lipinski definition) is 0. The fourth-order valence-corrected chi connectivity index (χ4v) is 37.8. The monoisotopic (exact) mass is 419 g/mol. The van der Waals surface area contributed by atoms with E-state index in [0.717, 1.165) is 0 Å². The molecule has 0 saturated carbocycles. The van der Waals surface area contributed by atoms with Crippen molar-refractivity contribution in [1.29, 1.82) is 0 Å². The first kappa shape index (κ1) is 24.5. The largest absolute Gasteiger partial charge is 0.432 e. The number of nitrogens with zero attached hydrogens (tertiary/aromatic N) is 1. The first-order valence-corrected chi connectivity index (χ1v) is 16.4. The van der Waals surface area contributed by atoms with E-state index in [9.17, 15) is 0 Å². The van der Waals surface area contributed by atoms with Crippen LogP contribution in [0.1, 0.15) is 96.9 Å². The van der Waals surface area contributed by atoms with Gasteiger partial charge in [0.25, 0.3) is 17.0 Å². The van der Waals surface area contributed by atoms with Gasteiger partial charge in [-0.05, 0) is 32.2 Å². The van der Waals surface area contributed by atoms with Gasteiger partial charge in [-0.1, -0.05) is 96.9 Å². The molecule has 0 radical (unpaired) electrons. The Balaban J connectivity index is 3.93. The molecule has 0 N–H and O–H groups in total. The molecule has 1 fully saturated rings. The molecule has 156 valence electrons. The normalized spacial score (nSPS) is 21.8. The molecule has 0 aromatic heterocycles. The molecule has 0 aromatic carbocycles. The van der Waals surface area contributed by atoms with E-state index in [1.807, 2.05) is 0 Å². The van der Waals surface area contributed by atoms with Crippen LogP contribution in [0.3, 0.4) is 0 Å². The van der Waals surface area contributed by atoms with Crippen LogP contribution in [0.4, 0.5) is 4.11 Å². The van der Waals surface area contributed by atoms with Crippen LogP contribution in [0.2, 0.25) is 32.2 Å². The fourth-order valence-electron chi connectivity index (χ4n) is 5.75. The molecule has 1 heterocycles. The second kappa shape index (κ2) is 7.08. The summed E-state index contributed by atoms with van der Waals surface area (Å²) in [7, 11) is -8.08. The summed E-state index contributed by atoms with van der Waals surface area (Å²) >= 11 is 0. The molecular weight excluding hydrogens is 373 g/mol. The lowest BCUT2D eigenvalue weighted by Crippen LogP contribution is -2.95. The topological polar surface area (TPSA) is 12.5 Å². The van der Waals surface area contributed by atoms with Crippen LogP contribution >= 0.6 is 0 Å². The SMILES string of the molecule is CC(C)[Si](F)(C(C)C)N1[Si](C(C)C)(C(C)C)O[Si]1(C(C)(C)C)C(C)(C)C. The Bertz CT molecular complexity index is 456. The fraction of sp³-hybridized carbons (Fsp3) is 1.00. The highest BCUT2D eigenvalue weighted by molar-refractivity contribution is 7.13. The first-order valence-electron chi connectivity index (χ1n) is 10.5. The van der Waals surface area contributed by atoms with E-state index < -0.39 is 25.5 Å². The van der Waals surface area contributed by atoms with E-state index in [1.54, 1.807) is 0 Å². The highest BCUT2D eigenvalue weighted by Gasteiger charge is 2.82. The highest BCUT2D eigenvalue weighted by atomic mass is 28.6. The quantitative estimate of drug-likeness (QED) is 0.332. The first-order chi connectivity index (χ1) is 11.3. The third kappa shape index (κ3) is 3.06. The highest BCUT2D eigenvalue weighted by Crippen LogP contribution is 2.68. The summed E-state index contributed by atoms with van der Waals surface area (Å²) in [5.41, 5.74) is 0.945. The molecule has 2 nitrogen and oxygen atoms in total. The maximum atomic E-state index is 17.3. The molecule has 1 aliphatic rings. The Hall–Kier alpha value is 0.501. The van der Waals surface area contributed by atoms with Gasteiger partial charge in [0.05, 0.1) is 0 Å². The van der Waals surface area contributed by atoms with E-state index >= 15 is 4.11 Å². The number of hydrogen-bond acceptors (Lipinski definition) is 2. The summed E-state index contributed by atoms with van der Waals surface area (Å²) < 4.78 is 27.2. The third-order valence-electron chi connectivity index (χ3n) is 6.63. The van der Waals surface area contributed by atoms with Crippen molar-refractivity contribution in [3.8, 4) is 0 Å². The minimum Gasteiger partial charge on any atom is -0.432 e. The minimum atomic E-state index is -3.20. The Morgan fingerprint density at radius 2 is 1.04 bits per heavy atom. The molecule has 0 aliphatic carbocycles. The van der Waals surface area contributed by atoms with Gasteiger partial charge in [0.15, 0.2) is 0 Å². The Labute approximate surface area is 167 Å². The van der Waals surface area contributed by atoms with Crippen LogP contribution in [-0.4, -0.2) is 29.4 Å². The van der Waals surface area contributed by atoms with E-state index in [4.69, 9.17) is 4.12 Å². The van der Waals surface area contributed by atoms with E-state index in [1.165, 1.54) is 0 Å². The maximum Gasteiger partial charge on any atom is 0.317 e. The van der Waals surface area contributed by atoms with Crippen molar-refractivity contribution in [3.05, 3.63) is 0 Å². The van der Waals surface area contributed by atoms with Crippen molar-refractivity contribution >= 4 is 25.5 Å². The van der Waals surface area contributed by atoms with Crippen LogP contribution in [0.15, 0.2) is 0 Å². The third-order valence-corrected chi connectivity index (χ3v) is 27.8. The lowest BCUT2D eigenvalue weighted by Gasteiger charge is -2.77. The van der Waals surface area contributed by atoms with Crippen molar-refractivity contribution < 1.29 is 8.22 Å². The molecule has 6 heteroatoms. The van der Waals surface area contributed by atoms with Crippen molar-refractivity contribution in [2.24, 2.45) is 0 Å². The van der Waals surface area contributed by atoms with E-state index in [-0.39, 0.29) is 21.2 Å². The predicted octanol–water partition coefficient (Wildman–Crippen LogP) is 7.85. The van der Waals surface area contributed by atoms with Crippen molar-refractivity contribution in [2.75, 3.05) is 0 Å². The molecule has 0 spiro atoms. The lowest BCUT2D eigenvalue weighted by molar-refractivity contribution is 0.246. The van der Waals surface area contributed by atoms with Crippen LogP contribution < -0.4 is 0 Å². The van der Waals surface area contributed by atoms with Gasteiger partial charge in [0.2, 0.25) is 0 Å².